The molecule has 1 heterocycles. The Labute approximate surface area is 152 Å². The SMILES string of the molecule is CCCC(C)(N)C(=O)NC1CCN(c2ccc(F)c(Cl)c2)C1=O.Cl. The molecule has 8 heteroatoms. The van der Waals surface area contributed by atoms with E-state index in [0.29, 0.717) is 25.1 Å². The zero-order valence-electron chi connectivity index (χ0n) is 13.6. The van der Waals surface area contributed by atoms with Gasteiger partial charge in [0.15, 0.2) is 0 Å². The minimum Gasteiger partial charge on any atom is -0.343 e. The highest BCUT2D eigenvalue weighted by molar-refractivity contribution is 6.31. The quantitative estimate of drug-likeness (QED) is 0.827. The molecule has 1 aliphatic rings. The van der Waals surface area contributed by atoms with Crippen molar-refractivity contribution in [2.75, 3.05) is 11.4 Å². The number of benzene rings is 1. The van der Waals surface area contributed by atoms with Crippen molar-refractivity contribution in [2.24, 2.45) is 5.73 Å². The van der Waals surface area contributed by atoms with E-state index in [0.717, 1.165) is 6.42 Å². The van der Waals surface area contributed by atoms with Gasteiger partial charge in [-0.3, -0.25) is 9.59 Å². The molecule has 2 amide bonds. The van der Waals surface area contributed by atoms with E-state index >= 15 is 0 Å². The van der Waals surface area contributed by atoms with Gasteiger partial charge in [0.2, 0.25) is 11.8 Å². The van der Waals surface area contributed by atoms with E-state index in [2.05, 4.69) is 5.32 Å². The molecule has 2 unspecified atom stereocenters. The maximum absolute atomic E-state index is 13.2. The fraction of sp³-hybridized carbons (Fsp3) is 0.500. The number of nitrogens with zero attached hydrogens (tertiary/aromatic N) is 1. The van der Waals surface area contributed by atoms with Gasteiger partial charge in [-0.15, -0.1) is 12.4 Å². The Morgan fingerprint density at radius 2 is 2.21 bits per heavy atom. The number of anilines is 1. The van der Waals surface area contributed by atoms with E-state index in [9.17, 15) is 14.0 Å². The lowest BCUT2D eigenvalue weighted by atomic mass is 9.96. The van der Waals surface area contributed by atoms with E-state index in [4.69, 9.17) is 17.3 Å². The van der Waals surface area contributed by atoms with E-state index in [1.54, 1.807) is 6.92 Å². The molecule has 24 heavy (non-hydrogen) atoms. The normalized spacial score (nSPS) is 19.6. The third kappa shape index (κ3) is 4.37. The maximum Gasteiger partial charge on any atom is 0.249 e. The number of carbonyl (C=O) groups is 2. The zero-order valence-corrected chi connectivity index (χ0v) is 15.2. The summed E-state index contributed by atoms with van der Waals surface area (Å²) in [6.45, 7) is 4.03. The lowest BCUT2D eigenvalue weighted by Gasteiger charge is -2.25. The second-order valence-corrected chi connectivity index (χ2v) is 6.48. The van der Waals surface area contributed by atoms with Crippen LogP contribution in [0.15, 0.2) is 18.2 Å². The van der Waals surface area contributed by atoms with Gasteiger partial charge in [-0.2, -0.15) is 0 Å². The first-order chi connectivity index (χ1) is 10.8. The number of carbonyl (C=O) groups excluding carboxylic acids is 2. The molecule has 1 aliphatic heterocycles. The molecule has 134 valence electrons. The highest BCUT2D eigenvalue weighted by Crippen LogP contribution is 2.26. The number of rotatable bonds is 5. The van der Waals surface area contributed by atoms with Crippen molar-refractivity contribution in [3.8, 4) is 0 Å². The number of halogens is 3. The van der Waals surface area contributed by atoms with Crippen molar-refractivity contribution in [1.82, 2.24) is 5.32 Å². The van der Waals surface area contributed by atoms with Crippen LogP contribution in [-0.4, -0.2) is 29.9 Å². The van der Waals surface area contributed by atoms with Crippen molar-refractivity contribution in [1.29, 1.82) is 0 Å². The average Bonchev–Trinajstić information content (AvgIpc) is 2.83. The van der Waals surface area contributed by atoms with Gasteiger partial charge < -0.3 is 16.0 Å². The molecular formula is C16H22Cl2FN3O2. The van der Waals surface area contributed by atoms with Crippen LogP contribution in [0, 0.1) is 5.82 Å². The molecule has 2 atom stereocenters. The van der Waals surface area contributed by atoms with E-state index in [1.807, 2.05) is 6.92 Å². The molecule has 0 aliphatic carbocycles. The van der Waals surface area contributed by atoms with Gasteiger partial charge in [0.1, 0.15) is 11.9 Å². The summed E-state index contributed by atoms with van der Waals surface area (Å²) in [5.74, 6) is -1.12. The summed E-state index contributed by atoms with van der Waals surface area (Å²) in [6, 6.07) is 3.50. The van der Waals surface area contributed by atoms with Crippen LogP contribution >= 0.6 is 24.0 Å². The molecule has 0 saturated carbocycles. The van der Waals surface area contributed by atoms with Gasteiger partial charge >= 0.3 is 0 Å². The topological polar surface area (TPSA) is 75.4 Å². The second-order valence-electron chi connectivity index (χ2n) is 6.07. The molecular weight excluding hydrogens is 356 g/mol. The van der Waals surface area contributed by atoms with Gasteiger partial charge in [-0.25, -0.2) is 4.39 Å². The van der Waals surface area contributed by atoms with Gasteiger partial charge in [-0.05, 0) is 38.0 Å². The third-order valence-electron chi connectivity index (χ3n) is 4.01. The first kappa shape index (κ1) is 20.7. The summed E-state index contributed by atoms with van der Waals surface area (Å²) in [6.07, 6.45) is 1.79. The van der Waals surface area contributed by atoms with Crippen LogP contribution in [0.2, 0.25) is 5.02 Å². The average molecular weight is 378 g/mol. The minimum atomic E-state index is -0.998. The second kappa shape index (κ2) is 8.14. The number of hydrogen-bond donors (Lipinski definition) is 2. The van der Waals surface area contributed by atoms with E-state index < -0.39 is 17.4 Å². The molecule has 0 aromatic heterocycles. The number of nitrogens with two attached hydrogens (primary N) is 1. The minimum absolute atomic E-state index is 0. The van der Waals surface area contributed by atoms with Crippen molar-refractivity contribution in [3.05, 3.63) is 29.0 Å². The summed E-state index contributed by atoms with van der Waals surface area (Å²) < 4.78 is 13.2. The fourth-order valence-electron chi connectivity index (χ4n) is 2.68. The summed E-state index contributed by atoms with van der Waals surface area (Å²) in [5.41, 5.74) is 5.50. The van der Waals surface area contributed by atoms with Crippen LogP contribution in [0.5, 0.6) is 0 Å². The lowest BCUT2D eigenvalue weighted by molar-refractivity contribution is -0.130. The van der Waals surface area contributed by atoms with Gasteiger partial charge in [0, 0.05) is 12.2 Å². The van der Waals surface area contributed by atoms with Crippen molar-refractivity contribution in [2.45, 2.75) is 44.7 Å². The Hall–Kier alpha value is -1.37. The number of hydrogen-bond acceptors (Lipinski definition) is 3. The molecule has 5 nitrogen and oxygen atoms in total. The van der Waals surface area contributed by atoms with Gasteiger partial charge in [-0.1, -0.05) is 24.9 Å². The third-order valence-corrected chi connectivity index (χ3v) is 4.30. The number of nitrogens with one attached hydrogen (secondary N) is 1. The lowest BCUT2D eigenvalue weighted by Crippen LogP contribution is -2.55. The Morgan fingerprint density at radius 1 is 1.54 bits per heavy atom. The highest BCUT2D eigenvalue weighted by Gasteiger charge is 2.37. The van der Waals surface area contributed by atoms with Crippen molar-refractivity contribution in [3.63, 3.8) is 0 Å². The first-order valence-corrected chi connectivity index (χ1v) is 8.00. The molecule has 1 saturated heterocycles. The molecule has 1 aromatic carbocycles. The standard InChI is InChI=1S/C16H21ClFN3O2.ClH/c1-3-7-16(2,19)15(23)20-13-6-8-21(14(13)22)10-4-5-12(18)11(17)9-10;/h4-5,9,13H,3,6-8,19H2,1-2H3,(H,20,23);1H. The predicted molar refractivity (Wildman–Crippen MR) is 95.1 cm³/mol. The molecule has 0 bridgehead atoms. The zero-order chi connectivity index (χ0) is 17.2. The van der Waals surface area contributed by atoms with Crippen LogP contribution in [-0.2, 0) is 9.59 Å². The fourth-order valence-corrected chi connectivity index (χ4v) is 2.85. The highest BCUT2D eigenvalue weighted by atomic mass is 35.5. The van der Waals surface area contributed by atoms with Crippen LogP contribution in [0.3, 0.4) is 0 Å². The van der Waals surface area contributed by atoms with Gasteiger partial charge in [0.25, 0.3) is 0 Å². The Balaban J connectivity index is 0.00000288. The molecule has 2 rings (SSSR count). The largest absolute Gasteiger partial charge is 0.343 e. The predicted octanol–water partition coefficient (Wildman–Crippen LogP) is 2.64. The smallest absolute Gasteiger partial charge is 0.249 e. The number of amides is 2. The molecule has 3 N–H and O–H groups in total. The van der Waals surface area contributed by atoms with Crippen molar-refractivity contribution < 1.29 is 14.0 Å². The van der Waals surface area contributed by atoms with Crippen LogP contribution in [0.25, 0.3) is 0 Å². The molecule has 0 radical (unpaired) electrons. The maximum atomic E-state index is 13.2. The first-order valence-electron chi connectivity index (χ1n) is 7.62. The van der Waals surface area contributed by atoms with Crippen LogP contribution in [0.1, 0.15) is 33.1 Å². The van der Waals surface area contributed by atoms with Crippen LogP contribution in [0.4, 0.5) is 10.1 Å². The summed E-state index contributed by atoms with van der Waals surface area (Å²) >= 11 is 5.76. The summed E-state index contributed by atoms with van der Waals surface area (Å²) in [4.78, 5) is 26.2. The van der Waals surface area contributed by atoms with E-state index in [-0.39, 0.29) is 29.2 Å². The molecule has 1 aromatic rings. The van der Waals surface area contributed by atoms with E-state index in [1.165, 1.54) is 23.1 Å². The Kier molecular flexibility index (Phi) is 7.01. The summed E-state index contributed by atoms with van der Waals surface area (Å²) in [5, 5.41) is 2.68. The Morgan fingerprint density at radius 3 is 2.79 bits per heavy atom. The Bertz CT molecular complexity index is 625. The van der Waals surface area contributed by atoms with Crippen LogP contribution < -0.4 is 16.0 Å². The van der Waals surface area contributed by atoms with Crippen molar-refractivity contribution >= 4 is 41.5 Å². The molecule has 1 fully saturated rings. The monoisotopic (exact) mass is 377 g/mol. The summed E-state index contributed by atoms with van der Waals surface area (Å²) in [7, 11) is 0. The van der Waals surface area contributed by atoms with Gasteiger partial charge in [0.05, 0.1) is 10.6 Å². The molecule has 0 spiro atoms.